The van der Waals surface area contributed by atoms with E-state index in [4.69, 9.17) is 0 Å². The van der Waals surface area contributed by atoms with Crippen molar-refractivity contribution < 1.29 is 0 Å². The van der Waals surface area contributed by atoms with E-state index >= 15 is 0 Å². The van der Waals surface area contributed by atoms with Gasteiger partial charge in [-0.05, 0) is 17.7 Å². The van der Waals surface area contributed by atoms with Crippen molar-refractivity contribution in [3.8, 4) is 11.4 Å². The SMILES string of the molecule is c1ccc(Cc2nc(-c3ccccn3)cs2)cc1. The highest BCUT2D eigenvalue weighted by Gasteiger charge is 2.05. The molecular formula is C15H12N2S. The van der Waals surface area contributed by atoms with Crippen LogP contribution in [-0.4, -0.2) is 9.97 Å². The van der Waals surface area contributed by atoms with Crippen LogP contribution in [0.25, 0.3) is 11.4 Å². The number of hydrogen-bond acceptors (Lipinski definition) is 3. The normalized spacial score (nSPS) is 10.4. The fraction of sp³-hybridized carbons (Fsp3) is 0.0667. The Morgan fingerprint density at radius 3 is 2.50 bits per heavy atom. The molecule has 0 unspecified atom stereocenters. The molecule has 0 saturated heterocycles. The van der Waals surface area contributed by atoms with Gasteiger partial charge in [-0.2, -0.15) is 0 Å². The minimum absolute atomic E-state index is 0.887. The molecule has 2 nitrogen and oxygen atoms in total. The van der Waals surface area contributed by atoms with Gasteiger partial charge in [-0.1, -0.05) is 36.4 Å². The molecule has 0 radical (unpaired) electrons. The maximum absolute atomic E-state index is 4.63. The molecule has 18 heavy (non-hydrogen) atoms. The van der Waals surface area contributed by atoms with Crippen LogP contribution < -0.4 is 0 Å². The molecule has 0 aliphatic rings. The molecule has 0 aliphatic heterocycles. The molecule has 0 N–H and O–H groups in total. The van der Waals surface area contributed by atoms with E-state index in [1.54, 1.807) is 17.5 Å². The van der Waals surface area contributed by atoms with Crippen LogP contribution in [0.15, 0.2) is 60.1 Å². The second-order valence-electron chi connectivity index (χ2n) is 4.00. The molecule has 88 valence electrons. The third-order valence-corrected chi connectivity index (χ3v) is 3.53. The molecule has 0 spiro atoms. The summed E-state index contributed by atoms with van der Waals surface area (Å²) < 4.78 is 0. The first-order valence-corrected chi connectivity index (χ1v) is 6.69. The summed E-state index contributed by atoms with van der Waals surface area (Å²) in [4.78, 5) is 8.95. The third-order valence-electron chi connectivity index (χ3n) is 2.68. The van der Waals surface area contributed by atoms with Gasteiger partial charge in [-0.25, -0.2) is 4.98 Å². The Bertz CT molecular complexity index is 617. The number of nitrogens with zero attached hydrogens (tertiary/aromatic N) is 2. The zero-order chi connectivity index (χ0) is 12.2. The molecule has 0 aliphatic carbocycles. The predicted octanol–water partition coefficient (Wildman–Crippen LogP) is 3.80. The first-order chi connectivity index (χ1) is 8.92. The van der Waals surface area contributed by atoms with Crippen molar-refractivity contribution in [3.05, 3.63) is 70.7 Å². The second kappa shape index (κ2) is 5.10. The smallest absolute Gasteiger partial charge is 0.0998 e. The van der Waals surface area contributed by atoms with Gasteiger partial charge in [0.1, 0.15) is 0 Å². The van der Waals surface area contributed by atoms with E-state index in [-0.39, 0.29) is 0 Å². The van der Waals surface area contributed by atoms with Crippen molar-refractivity contribution in [3.63, 3.8) is 0 Å². The number of benzene rings is 1. The average molecular weight is 252 g/mol. The monoisotopic (exact) mass is 252 g/mol. The Hall–Kier alpha value is -2.00. The molecular weight excluding hydrogens is 240 g/mol. The number of pyridine rings is 1. The molecule has 3 rings (SSSR count). The van der Waals surface area contributed by atoms with E-state index in [1.807, 2.05) is 24.3 Å². The van der Waals surface area contributed by atoms with E-state index in [0.717, 1.165) is 22.8 Å². The van der Waals surface area contributed by atoms with Crippen LogP contribution in [0.5, 0.6) is 0 Å². The highest BCUT2D eigenvalue weighted by molar-refractivity contribution is 7.10. The number of rotatable bonds is 3. The van der Waals surface area contributed by atoms with Crippen LogP contribution in [0.2, 0.25) is 0 Å². The van der Waals surface area contributed by atoms with Gasteiger partial charge in [0.05, 0.1) is 16.4 Å². The van der Waals surface area contributed by atoms with Gasteiger partial charge in [0.2, 0.25) is 0 Å². The molecule has 0 amide bonds. The molecule has 1 aromatic carbocycles. The van der Waals surface area contributed by atoms with Crippen LogP contribution in [-0.2, 0) is 6.42 Å². The second-order valence-corrected chi connectivity index (χ2v) is 4.95. The fourth-order valence-electron chi connectivity index (χ4n) is 1.79. The van der Waals surface area contributed by atoms with Crippen molar-refractivity contribution in [2.75, 3.05) is 0 Å². The lowest BCUT2D eigenvalue weighted by molar-refractivity contribution is 1.13. The Labute approximate surface area is 110 Å². The zero-order valence-electron chi connectivity index (χ0n) is 9.78. The Morgan fingerprint density at radius 2 is 1.72 bits per heavy atom. The Balaban J connectivity index is 1.82. The van der Waals surface area contributed by atoms with Gasteiger partial charge in [0, 0.05) is 18.0 Å². The highest BCUT2D eigenvalue weighted by atomic mass is 32.1. The summed E-state index contributed by atoms with van der Waals surface area (Å²) in [5, 5.41) is 3.20. The molecule has 2 heterocycles. The molecule has 3 heteroatoms. The summed E-state index contributed by atoms with van der Waals surface area (Å²) in [6.07, 6.45) is 2.68. The van der Waals surface area contributed by atoms with Crippen molar-refractivity contribution in [1.29, 1.82) is 0 Å². The van der Waals surface area contributed by atoms with Gasteiger partial charge >= 0.3 is 0 Å². The van der Waals surface area contributed by atoms with Crippen molar-refractivity contribution in [2.24, 2.45) is 0 Å². The lowest BCUT2D eigenvalue weighted by Gasteiger charge is -1.96. The topological polar surface area (TPSA) is 25.8 Å². The first-order valence-electron chi connectivity index (χ1n) is 5.81. The highest BCUT2D eigenvalue weighted by Crippen LogP contribution is 2.21. The first kappa shape index (κ1) is 11.1. The summed E-state index contributed by atoms with van der Waals surface area (Å²) in [6, 6.07) is 16.3. The number of hydrogen-bond donors (Lipinski definition) is 0. The zero-order valence-corrected chi connectivity index (χ0v) is 10.6. The van der Waals surface area contributed by atoms with Gasteiger partial charge in [0.15, 0.2) is 0 Å². The number of aromatic nitrogens is 2. The summed E-state index contributed by atoms with van der Waals surface area (Å²) in [7, 11) is 0. The minimum Gasteiger partial charge on any atom is -0.255 e. The maximum atomic E-state index is 4.63. The molecule has 2 aromatic heterocycles. The Morgan fingerprint density at radius 1 is 0.889 bits per heavy atom. The standard InChI is InChI=1S/C15H12N2S/c1-2-6-12(7-3-1)10-15-17-14(11-18-15)13-8-4-5-9-16-13/h1-9,11H,10H2. The molecule has 3 aromatic rings. The van der Waals surface area contributed by atoms with Gasteiger partial charge in [0.25, 0.3) is 0 Å². The van der Waals surface area contributed by atoms with E-state index in [9.17, 15) is 0 Å². The van der Waals surface area contributed by atoms with Crippen LogP contribution >= 0.6 is 11.3 Å². The average Bonchev–Trinajstić information content (AvgIpc) is 2.89. The lowest BCUT2D eigenvalue weighted by Crippen LogP contribution is -1.87. The van der Waals surface area contributed by atoms with E-state index in [2.05, 4.69) is 39.6 Å². The van der Waals surface area contributed by atoms with Gasteiger partial charge in [-0.3, -0.25) is 4.98 Å². The lowest BCUT2D eigenvalue weighted by atomic mass is 10.2. The van der Waals surface area contributed by atoms with E-state index < -0.39 is 0 Å². The summed E-state index contributed by atoms with van der Waals surface area (Å²) in [5.74, 6) is 0. The minimum atomic E-state index is 0.887. The van der Waals surface area contributed by atoms with Crippen molar-refractivity contribution in [2.45, 2.75) is 6.42 Å². The van der Waals surface area contributed by atoms with Gasteiger partial charge in [-0.15, -0.1) is 11.3 Å². The summed E-state index contributed by atoms with van der Waals surface area (Å²) in [6.45, 7) is 0. The largest absolute Gasteiger partial charge is 0.255 e. The fourth-order valence-corrected chi connectivity index (χ4v) is 2.62. The maximum Gasteiger partial charge on any atom is 0.0998 e. The summed E-state index contributed by atoms with van der Waals surface area (Å²) >= 11 is 1.69. The van der Waals surface area contributed by atoms with Crippen LogP contribution in [0, 0.1) is 0 Å². The van der Waals surface area contributed by atoms with Crippen LogP contribution in [0.3, 0.4) is 0 Å². The number of thiazole rings is 1. The molecule has 0 atom stereocenters. The molecule has 0 fully saturated rings. The van der Waals surface area contributed by atoms with E-state index in [0.29, 0.717) is 0 Å². The Kier molecular flexibility index (Phi) is 3.15. The van der Waals surface area contributed by atoms with Crippen molar-refractivity contribution in [1.82, 2.24) is 9.97 Å². The predicted molar refractivity (Wildman–Crippen MR) is 74.6 cm³/mol. The van der Waals surface area contributed by atoms with Crippen molar-refractivity contribution >= 4 is 11.3 Å². The quantitative estimate of drug-likeness (QED) is 0.708. The van der Waals surface area contributed by atoms with Gasteiger partial charge < -0.3 is 0 Å². The molecule has 0 saturated carbocycles. The third kappa shape index (κ3) is 2.46. The van der Waals surface area contributed by atoms with Crippen LogP contribution in [0.1, 0.15) is 10.6 Å². The van der Waals surface area contributed by atoms with Crippen LogP contribution in [0.4, 0.5) is 0 Å². The molecule has 0 bridgehead atoms. The summed E-state index contributed by atoms with van der Waals surface area (Å²) in [5.41, 5.74) is 3.19. The van der Waals surface area contributed by atoms with E-state index in [1.165, 1.54) is 5.56 Å².